The molecule has 0 aliphatic rings. The van der Waals surface area contributed by atoms with Crippen LogP contribution in [0.25, 0.3) is 5.65 Å². The first-order valence-electron chi connectivity index (χ1n) is 8.84. The molecule has 2 amide bonds. The highest BCUT2D eigenvalue weighted by molar-refractivity contribution is 6.03. The van der Waals surface area contributed by atoms with Crippen LogP contribution < -0.4 is 10.6 Å². The SMILES string of the molecule is CNC(=O)c1ccccc1NC(=O)CCc1c(C)nc2cc(C)nn2c1C. The van der Waals surface area contributed by atoms with Crippen molar-refractivity contribution in [3.05, 3.63) is 58.5 Å². The lowest BCUT2D eigenvalue weighted by Gasteiger charge is -2.12. The maximum absolute atomic E-state index is 12.5. The van der Waals surface area contributed by atoms with Gasteiger partial charge in [-0.25, -0.2) is 9.50 Å². The van der Waals surface area contributed by atoms with E-state index in [0.717, 1.165) is 28.3 Å². The molecule has 7 heteroatoms. The zero-order chi connectivity index (χ0) is 19.6. The molecule has 2 heterocycles. The molecule has 0 aliphatic carbocycles. The van der Waals surface area contributed by atoms with Gasteiger partial charge in [0.05, 0.1) is 16.9 Å². The molecule has 3 rings (SSSR count). The molecule has 140 valence electrons. The molecule has 1 aromatic carbocycles. The van der Waals surface area contributed by atoms with Crippen molar-refractivity contribution >= 4 is 23.1 Å². The van der Waals surface area contributed by atoms with E-state index < -0.39 is 0 Å². The zero-order valence-electron chi connectivity index (χ0n) is 16.0. The highest BCUT2D eigenvalue weighted by Gasteiger charge is 2.15. The van der Waals surface area contributed by atoms with Crippen molar-refractivity contribution in [1.82, 2.24) is 19.9 Å². The molecular weight excluding hydrogens is 342 g/mol. The Balaban J connectivity index is 1.75. The average Bonchev–Trinajstić information content (AvgIpc) is 3.01. The zero-order valence-corrected chi connectivity index (χ0v) is 16.0. The van der Waals surface area contributed by atoms with Gasteiger partial charge >= 0.3 is 0 Å². The first-order chi connectivity index (χ1) is 12.9. The van der Waals surface area contributed by atoms with Gasteiger partial charge in [-0.2, -0.15) is 5.10 Å². The van der Waals surface area contributed by atoms with E-state index in [2.05, 4.69) is 20.7 Å². The minimum absolute atomic E-state index is 0.151. The largest absolute Gasteiger partial charge is 0.355 e. The van der Waals surface area contributed by atoms with Crippen LogP contribution in [0.15, 0.2) is 30.3 Å². The highest BCUT2D eigenvalue weighted by atomic mass is 16.2. The number of benzene rings is 1. The van der Waals surface area contributed by atoms with Crippen molar-refractivity contribution in [1.29, 1.82) is 0 Å². The third kappa shape index (κ3) is 3.81. The highest BCUT2D eigenvalue weighted by Crippen LogP contribution is 2.19. The summed E-state index contributed by atoms with van der Waals surface area (Å²) in [6, 6.07) is 8.89. The van der Waals surface area contributed by atoms with Gasteiger partial charge in [0.15, 0.2) is 5.65 Å². The van der Waals surface area contributed by atoms with Gasteiger partial charge in [-0.3, -0.25) is 9.59 Å². The molecule has 2 N–H and O–H groups in total. The molecule has 0 fully saturated rings. The normalized spacial score (nSPS) is 10.8. The summed E-state index contributed by atoms with van der Waals surface area (Å²) in [7, 11) is 1.56. The van der Waals surface area contributed by atoms with Gasteiger partial charge in [0.2, 0.25) is 5.91 Å². The van der Waals surface area contributed by atoms with Crippen LogP contribution in [0.5, 0.6) is 0 Å². The third-order valence-corrected chi connectivity index (χ3v) is 4.56. The number of aromatic nitrogens is 3. The molecule has 0 bridgehead atoms. The van der Waals surface area contributed by atoms with Crippen LogP contribution in [0.1, 0.15) is 39.4 Å². The Labute approximate surface area is 157 Å². The number of hydrogen-bond acceptors (Lipinski definition) is 4. The van der Waals surface area contributed by atoms with E-state index in [9.17, 15) is 9.59 Å². The van der Waals surface area contributed by atoms with Gasteiger partial charge in [-0.15, -0.1) is 0 Å². The molecule has 7 nitrogen and oxygen atoms in total. The molecule has 2 aromatic heterocycles. The summed E-state index contributed by atoms with van der Waals surface area (Å²) >= 11 is 0. The lowest BCUT2D eigenvalue weighted by molar-refractivity contribution is -0.116. The lowest BCUT2D eigenvalue weighted by atomic mass is 10.1. The summed E-state index contributed by atoms with van der Waals surface area (Å²) in [6.07, 6.45) is 0.838. The molecule has 0 aliphatic heterocycles. The maximum Gasteiger partial charge on any atom is 0.253 e. The second-order valence-electron chi connectivity index (χ2n) is 6.49. The smallest absolute Gasteiger partial charge is 0.253 e. The molecule has 0 atom stereocenters. The average molecular weight is 365 g/mol. The van der Waals surface area contributed by atoms with Crippen LogP contribution >= 0.6 is 0 Å². The fourth-order valence-corrected chi connectivity index (χ4v) is 3.18. The van der Waals surface area contributed by atoms with E-state index in [1.165, 1.54) is 0 Å². The van der Waals surface area contributed by atoms with Crippen LogP contribution in [-0.4, -0.2) is 33.5 Å². The van der Waals surface area contributed by atoms with E-state index in [1.54, 1.807) is 31.3 Å². The van der Waals surface area contributed by atoms with Crippen molar-refractivity contribution in [3.8, 4) is 0 Å². The van der Waals surface area contributed by atoms with E-state index in [-0.39, 0.29) is 18.2 Å². The number of nitrogens with one attached hydrogen (secondary N) is 2. The van der Waals surface area contributed by atoms with Crippen LogP contribution in [0, 0.1) is 20.8 Å². The van der Waals surface area contributed by atoms with Gasteiger partial charge in [0.25, 0.3) is 5.91 Å². The topological polar surface area (TPSA) is 88.4 Å². The predicted octanol–water partition coefficient (Wildman–Crippen LogP) is 2.59. The van der Waals surface area contributed by atoms with Crippen molar-refractivity contribution in [2.75, 3.05) is 12.4 Å². The number of carbonyl (C=O) groups excluding carboxylic acids is 2. The monoisotopic (exact) mass is 365 g/mol. The van der Waals surface area contributed by atoms with Gasteiger partial charge in [-0.05, 0) is 44.9 Å². The van der Waals surface area contributed by atoms with Crippen molar-refractivity contribution in [2.24, 2.45) is 0 Å². The molecule has 0 unspecified atom stereocenters. The van der Waals surface area contributed by atoms with Crippen LogP contribution in [-0.2, 0) is 11.2 Å². The van der Waals surface area contributed by atoms with Crippen LogP contribution in [0.3, 0.4) is 0 Å². The predicted molar refractivity (Wildman–Crippen MR) is 104 cm³/mol. The lowest BCUT2D eigenvalue weighted by Crippen LogP contribution is -2.21. The van der Waals surface area contributed by atoms with Gasteiger partial charge in [0.1, 0.15) is 0 Å². The van der Waals surface area contributed by atoms with E-state index in [4.69, 9.17) is 0 Å². The Morgan fingerprint density at radius 3 is 2.63 bits per heavy atom. The Hall–Kier alpha value is -3.22. The third-order valence-electron chi connectivity index (χ3n) is 4.56. The standard InChI is InChI=1S/C20H23N5O2/c1-12-11-18-22-13(2)15(14(3)25(18)24-12)9-10-19(26)23-17-8-6-5-7-16(17)20(27)21-4/h5-8,11H,9-10H2,1-4H3,(H,21,27)(H,23,26). The van der Waals surface area contributed by atoms with E-state index >= 15 is 0 Å². The second kappa shape index (κ2) is 7.57. The number of hydrogen-bond donors (Lipinski definition) is 2. The molecule has 0 saturated heterocycles. The van der Waals surface area contributed by atoms with Crippen molar-refractivity contribution in [3.63, 3.8) is 0 Å². The number of rotatable bonds is 5. The number of fused-ring (bicyclic) bond motifs is 1. The Bertz CT molecular complexity index is 1020. The summed E-state index contributed by atoms with van der Waals surface area (Å²) in [5.41, 5.74) is 5.58. The Morgan fingerprint density at radius 2 is 1.89 bits per heavy atom. The number of para-hydroxylation sites is 1. The van der Waals surface area contributed by atoms with Crippen LogP contribution in [0.2, 0.25) is 0 Å². The number of aryl methyl sites for hydroxylation is 3. The van der Waals surface area contributed by atoms with E-state index in [1.807, 2.05) is 31.4 Å². The fourth-order valence-electron chi connectivity index (χ4n) is 3.18. The minimum Gasteiger partial charge on any atom is -0.355 e. The molecule has 27 heavy (non-hydrogen) atoms. The Kier molecular flexibility index (Phi) is 5.21. The van der Waals surface area contributed by atoms with Gasteiger partial charge in [-0.1, -0.05) is 12.1 Å². The number of amides is 2. The van der Waals surface area contributed by atoms with Gasteiger partial charge < -0.3 is 10.6 Å². The first-order valence-corrected chi connectivity index (χ1v) is 8.84. The Morgan fingerprint density at radius 1 is 1.15 bits per heavy atom. The summed E-state index contributed by atoms with van der Waals surface area (Å²) in [6.45, 7) is 5.87. The van der Waals surface area contributed by atoms with E-state index in [0.29, 0.717) is 17.7 Å². The molecule has 0 spiro atoms. The number of anilines is 1. The summed E-state index contributed by atoms with van der Waals surface area (Å²) in [5.74, 6) is -0.386. The quantitative estimate of drug-likeness (QED) is 0.727. The summed E-state index contributed by atoms with van der Waals surface area (Å²) in [5, 5.41) is 9.87. The van der Waals surface area contributed by atoms with Crippen molar-refractivity contribution in [2.45, 2.75) is 33.6 Å². The molecule has 0 radical (unpaired) electrons. The summed E-state index contributed by atoms with van der Waals surface area (Å²) < 4.78 is 1.82. The minimum atomic E-state index is -0.235. The summed E-state index contributed by atoms with van der Waals surface area (Å²) in [4.78, 5) is 29.0. The number of nitrogens with zero attached hydrogens (tertiary/aromatic N) is 3. The second-order valence-corrected chi connectivity index (χ2v) is 6.49. The molecule has 0 saturated carbocycles. The number of carbonyl (C=O) groups is 2. The maximum atomic E-state index is 12.5. The van der Waals surface area contributed by atoms with Crippen LogP contribution in [0.4, 0.5) is 5.69 Å². The molecule has 3 aromatic rings. The van der Waals surface area contributed by atoms with Crippen molar-refractivity contribution < 1.29 is 9.59 Å². The van der Waals surface area contributed by atoms with Gasteiger partial charge in [0, 0.05) is 30.9 Å². The fraction of sp³-hybridized carbons (Fsp3) is 0.300. The molecular formula is C20H23N5O2. The first kappa shape index (κ1) is 18.6.